The molecule has 5 heteroatoms. The van der Waals surface area contributed by atoms with E-state index < -0.39 is 17.9 Å². The third kappa shape index (κ3) is 6.93. The molecule has 0 aromatic rings. The van der Waals surface area contributed by atoms with Gasteiger partial charge in [-0.15, -0.1) is 0 Å². The molecule has 1 unspecified atom stereocenters. The summed E-state index contributed by atoms with van der Waals surface area (Å²) in [6.45, 7) is 5.47. The molecule has 0 spiro atoms. The van der Waals surface area contributed by atoms with Gasteiger partial charge in [-0.2, -0.15) is 0 Å². The number of unbranched alkanes of at least 4 members (excludes halogenated alkanes) is 2. The lowest BCUT2D eigenvalue weighted by Crippen LogP contribution is -2.31. The minimum absolute atomic E-state index is 0.0348. The highest BCUT2D eigenvalue weighted by Gasteiger charge is 2.33. The van der Waals surface area contributed by atoms with Crippen molar-refractivity contribution < 1.29 is 23.8 Å². The van der Waals surface area contributed by atoms with Crippen molar-refractivity contribution in [2.75, 3.05) is 19.8 Å². The van der Waals surface area contributed by atoms with E-state index in [-0.39, 0.29) is 6.10 Å². The second-order valence-electron chi connectivity index (χ2n) is 5.47. The highest BCUT2D eigenvalue weighted by Crippen LogP contribution is 2.22. The van der Waals surface area contributed by atoms with Crippen molar-refractivity contribution in [1.29, 1.82) is 0 Å². The Kier molecular flexibility index (Phi) is 9.06. The number of hydrogen-bond donors (Lipinski definition) is 0. The second-order valence-corrected chi connectivity index (χ2v) is 5.47. The van der Waals surface area contributed by atoms with E-state index in [0.717, 1.165) is 38.5 Å². The van der Waals surface area contributed by atoms with Crippen LogP contribution in [0.4, 0.5) is 0 Å². The number of esters is 2. The predicted octanol–water partition coefficient (Wildman–Crippen LogP) is 2.86. The molecule has 1 fully saturated rings. The largest absolute Gasteiger partial charge is 0.465 e. The Bertz CT molecular complexity index is 288. The minimum Gasteiger partial charge on any atom is -0.465 e. The third-order valence-corrected chi connectivity index (χ3v) is 3.58. The summed E-state index contributed by atoms with van der Waals surface area (Å²) >= 11 is 0. The maximum Gasteiger partial charge on any atom is 0.320 e. The molecule has 0 N–H and O–H groups in total. The molecular formula is C16H28O5. The standard InChI is InChI=1S/C16H28O5/c1-3-5-9-20-15(17)14(12-13-8-7-11-19-13)16(18)21-10-6-4-2/h13-14H,3-12H2,1-2H3. The van der Waals surface area contributed by atoms with Crippen molar-refractivity contribution in [2.24, 2.45) is 5.92 Å². The first-order chi connectivity index (χ1) is 10.2. The summed E-state index contributed by atoms with van der Waals surface area (Å²) in [6, 6.07) is 0. The van der Waals surface area contributed by atoms with Crippen LogP contribution < -0.4 is 0 Å². The van der Waals surface area contributed by atoms with Crippen LogP contribution in [-0.4, -0.2) is 37.9 Å². The van der Waals surface area contributed by atoms with Crippen molar-refractivity contribution in [3.05, 3.63) is 0 Å². The van der Waals surface area contributed by atoms with Crippen molar-refractivity contribution >= 4 is 11.9 Å². The molecule has 122 valence electrons. The van der Waals surface area contributed by atoms with Crippen LogP contribution in [0.5, 0.6) is 0 Å². The van der Waals surface area contributed by atoms with Gasteiger partial charge in [0.05, 0.1) is 19.3 Å². The van der Waals surface area contributed by atoms with Crippen molar-refractivity contribution in [3.63, 3.8) is 0 Å². The Hall–Kier alpha value is -1.10. The zero-order valence-corrected chi connectivity index (χ0v) is 13.3. The van der Waals surface area contributed by atoms with Crippen LogP contribution in [0.1, 0.15) is 58.8 Å². The maximum atomic E-state index is 12.1. The van der Waals surface area contributed by atoms with E-state index in [1.165, 1.54) is 0 Å². The number of carbonyl (C=O) groups excluding carboxylic acids is 2. The van der Waals surface area contributed by atoms with Gasteiger partial charge in [-0.25, -0.2) is 0 Å². The zero-order chi connectivity index (χ0) is 15.5. The van der Waals surface area contributed by atoms with Gasteiger partial charge in [0.1, 0.15) is 0 Å². The molecule has 1 atom stereocenters. The van der Waals surface area contributed by atoms with Gasteiger partial charge < -0.3 is 14.2 Å². The number of ether oxygens (including phenoxy) is 3. The first-order valence-corrected chi connectivity index (χ1v) is 8.13. The first kappa shape index (κ1) is 18.0. The average Bonchev–Trinajstić information content (AvgIpc) is 2.98. The molecule has 1 rings (SSSR count). The first-order valence-electron chi connectivity index (χ1n) is 8.13. The SMILES string of the molecule is CCCCOC(=O)C(CC1CCCO1)C(=O)OCCCC. The topological polar surface area (TPSA) is 61.8 Å². The van der Waals surface area contributed by atoms with Gasteiger partial charge in [-0.05, 0) is 32.1 Å². The van der Waals surface area contributed by atoms with Gasteiger partial charge in [0.15, 0.2) is 5.92 Å². The number of carbonyl (C=O) groups is 2. The van der Waals surface area contributed by atoms with Crippen molar-refractivity contribution in [3.8, 4) is 0 Å². The van der Waals surface area contributed by atoms with Crippen molar-refractivity contribution in [2.45, 2.75) is 64.9 Å². The lowest BCUT2D eigenvalue weighted by Gasteiger charge is -2.18. The molecule has 1 aliphatic rings. The normalized spacial score (nSPS) is 18.0. The highest BCUT2D eigenvalue weighted by atomic mass is 16.6. The third-order valence-electron chi connectivity index (χ3n) is 3.58. The van der Waals surface area contributed by atoms with Gasteiger partial charge >= 0.3 is 11.9 Å². The molecule has 1 aliphatic heterocycles. The Morgan fingerprint density at radius 1 is 1.10 bits per heavy atom. The van der Waals surface area contributed by atoms with Gasteiger partial charge in [-0.3, -0.25) is 9.59 Å². The van der Waals surface area contributed by atoms with Crippen LogP contribution >= 0.6 is 0 Å². The molecule has 21 heavy (non-hydrogen) atoms. The molecule has 0 aromatic heterocycles. The molecule has 0 radical (unpaired) electrons. The van der Waals surface area contributed by atoms with E-state index in [0.29, 0.717) is 26.2 Å². The molecule has 0 saturated carbocycles. The fourth-order valence-electron chi connectivity index (χ4n) is 2.22. The summed E-state index contributed by atoms with van der Waals surface area (Å²) in [7, 11) is 0. The molecule has 1 heterocycles. The Labute approximate surface area is 127 Å². The van der Waals surface area contributed by atoms with E-state index in [1.807, 2.05) is 13.8 Å². The summed E-state index contributed by atoms with van der Waals surface area (Å²) in [5.74, 6) is -1.79. The Morgan fingerprint density at radius 3 is 2.10 bits per heavy atom. The quantitative estimate of drug-likeness (QED) is 0.353. The van der Waals surface area contributed by atoms with Gasteiger partial charge in [0.25, 0.3) is 0 Å². The van der Waals surface area contributed by atoms with Crippen LogP contribution in [0.2, 0.25) is 0 Å². The number of rotatable bonds is 10. The Morgan fingerprint density at radius 2 is 1.67 bits per heavy atom. The predicted molar refractivity (Wildman–Crippen MR) is 78.8 cm³/mol. The number of hydrogen-bond acceptors (Lipinski definition) is 5. The molecule has 1 saturated heterocycles. The van der Waals surface area contributed by atoms with E-state index in [2.05, 4.69) is 0 Å². The summed E-state index contributed by atoms with van der Waals surface area (Å²) in [5.41, 5.74) is 0. The molecule has 0 aromatic carbocycles. The maximum absolute atomic E-state index is 12.1. The molecular weight excluding hydrogens is 272 g/mol. The minimum atomic E-state index is -0.846. The fourth-order valence-corrected chi connectivity index (χ4v) is 2.22. The summed E-state index contributed by atoms with van der Waals surface area (Å²) in [5, 5.41) is 0. The van der Waals surface area contributed by atoms with E-state index in [1.54, 1.807) is 0 Å². The monoisotopic (exact) mass is 300 g/mol. The summed E-state index contributed by atoms with van der Waals surface area (Å²) in [4.78, 5) is 24.2. The van der Waals surface area contributed by atoms with Crippen LogP contribution in [0.3, 0.4) is 0 Å². The second kappa shape index (κ2) is 10.6. The van der Waals surface area contributed by atoms with Crippen LogP contribution in [0.25, 0.3) is 0 Å². The highest BCUT2D eigenvalue weighted by molar-refractivity contribution is 5.94. The molecule has 0 aliphatic carbocycles. The Balaban J connectivity index is 2.50. The zero-order valence-electron chi connectivity index (χ0n) is 13.3. The van der Waals surface area contributed by atoms with E-state index in [9.17, 15) is 9.59 Å². The summed E-state index contributed by atoms with van der Waals surface area (Å²) in [6.07, 6.45) is 5.72. The van der Waals surface area contributed by atoms with Gasteiger partial charge in [-0.1, -0.05) is 26.7 Å². The van der Waals surface area contributed by atoms with Gasteiger partial charge in [0, 0.05) is 6.61 Å². The van der Waals surface area contributed by atoms with E-state index in [4.69, 9.17) is 14.2 Å². The average molecular weight is 300 g/mol. The van der Waals surface area contributed by atoms with E-state index >= 15 is 0 Å². The molecule has 5 nitrogen and oxygen atoms in total. The lowest BCUT2D eigenvalue weighted by atomic mass is 10.00. The van der Waals surface area contributed by atoms with Crippen LogP contribution in [0, 0.1) is 5.92 Å². The smallest absolute Gasteiger partial charge is 0.320 e. The van der Waals surface area contributed by atoms with Crippen molar-refractivity contribution in [1.82, 2.24) is 0 Å². The lowest BCUT2D eigenvalue weighted by molar-refractivity contribution is -0.164. The van der Waals surface area contributed by atoms with Crippen LogP contribution in [-0.2, 0) is 23.8 Å². The van der Waals surface area contributed by atoms with Crippen LogP contribution in [0.15, 0.2) is 0 Å². The molecule has 0 amide bonds. The molecule has 0 bridgehead atoms. The fraction of sp³-hybridized carbons (Fsp3) is 0.875. The van der Waals surface area contributed by atoms with Gasteiger partial charge in [0.2, 0.25) is 0 Å². The summed E-state index contributed by atoms with van der Waals surface area (Å²) < 4.78 is 15.9.